The number of allylic oxidation sites excluding steroid dienone is 3. The number of hydrogen-bond acceptors (Lipinski definition) is 3. The number of carbonyl (C=O) groups is 1. The van der Waals surface area contributed by atoms with E-state index in [1.807, 2.05) is 20.8 Å². The third kappa shape index (κ3) is 5.24. The summed E-state index contributed by atoms with van der Waals surface area (Å²) in [6, 6.07) is 6.90. The monoisotopic (exact) mass is 299 g/mol. The van der Waals surface area contributed by atoms with Gasteiger partial charge in [-0.3, -0.25) is 0 Å². The molecule has 2 N–H and O–H groups in total. The van der Waals surface area contributed by atoms with Crippen LogP contribution in [0.3, 0.4) is 0 Å². The Bertz CT molecular complexity index is 599. The fourth-order valence-electron chi connectivity index (χ4n) is 1.91. The van der Waals surface area contributed by atoms with Crippen molar-refractivity contribution in [3.63, 3.8) is 0 Å². The molecule has 0 spiro atoms. The Morgan fingerprint density at radius 3 is 2.45 bits per heavy atom. The maximum atomic E-state index is 12.2. The summed E-state index contributed by atoms with van der Waals surface area (Å²) in [5.74, 6) is -0.410. The number of rotatable bonds is 7. The molecule has 1 aromatic carbocycles. The molecule has 0 saturated heterocycles. The van der Waals surface area contributed by atoms with Crippen LogP contribution in [-0.4, -0.2) is 12.1 Å². The van der Waals surface area contributed by atoms with E-state index in [1.165, 1.54) is 0 Å². The zero-order chi connectivity index (χ0) is 16.7. The molecular formula is C19H25NO2. The summed E-state index contributed by atoms with van der Waals surface area (Å²) in [5, 5.41) is 0. The molecule has 0 aliphatic heterocycles. The van der Waals surface area contributed by atoms with Gasteiger partial charge in [-0.05, 0) is 51.3 Å². The van der Waals surface area contributed by atoms with Gasteiger partial charge >= 0.3 is 5.97 Å². The van der Waals surface area contributed by atoms with Gasteiger partial charge in [0.05, 0.1) is 5.56 Å². The average molecular weight is 299 g/mol. The topological polar surface area (TPSA) is 52.3 Å². The van der Waals surface area contributed by atoms with Crippen molar-refractivity contribution < 1.29 is 9.53 Å². The number of benzene rings is 1. The molecule has 3 nitrogen and oxygen atoms in total. The molecule has 0 bridgehead atoms. The molecule has 0 amide bonds. The van der Waals surface area contributed by atoms with Crippen LogP contribution in [0.4, 0.5) is 5.69 Å². The van der Waals surface area contributed by atoms with Crippen molar-refractivity contribution in [2.24, 2.45) is 0 Å². The van der Waals surface area contributed by atoms with E-state index in [4.69, 9.17) is 10.5 Å². The molecule has 0 saturated carbocycles. The predicted octanol–water partition coefficient (Wildman–Crippen LogP) is 4.67. The van der Waals surface area contributed by atoms with Gasteiger partial charge in [-0.1, -0.05) is 42.5 Å². The minimum absolute atomic E-state index is 0.318. The molecule has 0 radical (unpaired) electrons. The average Bonchev–Trinajstić information content (AvgIpc) is 2.45. The number of hydrogen-bond donors (Lipinski definition) is 1. The third-order valence-electron chi connectivity index (χ3n) is 3.53. The molecule has 0 aliphatic rings. The van der Waals surface area contributed by atoms with Gasteiger partial charge < -0.3 is 10.5 Å². The van der Waals surface area contributed by atoms with E-state index in [9.17, 15) is 4.79 Å². The number of nitrogens with two attached hydrogens (primary N) is 1. The summed E-state index contributed by atoms with van der Waals surface area (Å²) >= 11 is 0. The van der Waals surface area contributed by atoms with Crippen LogP contribution in [0.5, 0.6) is 0 Å². The van der Waals surface area contributed by atoms with Gasteiger partial charge in [-0.15, -0.1) is 0 Å². The second-order valence-corrected chi connectivity index (χ2v) is 5.57. The van der Waals surface area contributed by atoms with Crippen LogP contribution >= 0.6 is 0 Å². The van der Waals surface area contributed by atoms with Gasteiger partial charge in [-0.25, -0.2) is 4.79 Å². The first-order valence-electron chi connectivity index (χ1n) is 7.36. The highest BCUT2D eigenvalue weighted by molar-refractivity contribution is 5.95. The van der Waals surface area contributed by atoms with E-state index in [0.717, 1.165) is 23.1 Å². The maximum Gasteiger partial charge on any atom is 0.340 e. The van der Waals surface area contributed by atoms with Crippen LogP contribution in [0.2, 0.25) is 0 Å². The Morgan fingerprint density at radius 2 is 1.91 bits per heavy atom. The summed E-state index contributed by atoms with van der Waals surface area (Å²) in [5.41, 5.74) is 9.64. The second-order valence-electron chi connectivity index (χ2n) is 5.57. The SMILES string of the molecule is C=C(C)/C(C)=C\CCC(OC(=O)c1ccccc1N)C(=C)C. The first-order chi connectivity index (χ1) is 10.3. The quantitative estimate of drug-likeness (QED) is 0.344. The number of nitrogen functional groups attached to an aromatic ring is 1. The molecule has 3 heteroatoms. The number of esters is 1. The lowest BCUT2D eigenvalue weighted by Gasteiger charge is -2.18. The summed E-state index contributed by atoms with van der Waals surface area (Å²) in [6.45, 7) is 13.7. The second kappa shape index (κ2) is 8.23. The van der Waals surface area contributed by atoms with Crippen LogP contribution in [0.25, 0.3) is 0 Å². The summed E-state index contributed by atoms with van der Waals surface area (Å²) < 4.78 is 5.55. The minimum atomic E-state index is -0.410. The number of para-hydroxylation sites is 1. The fourth-order valence-corrected chi connectivity index (χ4v) is 1.91. The first kappa shape index (κ1) is 17.8. The van der Waals surface area contributed by atoms with Crippen LogP contribution in [0.1, 0.15) is 44.0 Å². The van der Waals surface area contributed by atoms with Gasteiger partial charge in [0.2, 0.25) is 0 Å². The highest BCUT2D eigenvalue weighted by atomic mass is 16.5. The number of anilines is 1. The number of ether oxygens (including phenoxy) is 1. The Morgan fingerprint density at radius 1 is 1.27 bits per heavy atom. The highest BCUT2D eigenvalue weighted by Crippen LogP contribution is 2.18. The van der Waals surface area contributed by atoms with E-state index >= 15 is 0 Å². The van der Waals surface area contributed by atoms with Crippen molar-refractivity contribution in [2.45, 2.75) is 39.7 Å². The molecule has 0 fully saturated rings. The van der Waals surface area contributed by atoms with Crippen molar-refractivity contribution in [1.82, 2.24) is 0 Å². The third-order valence-corrected chi connectivity index (χ3v) is 3.53. The largest absolute Gasteiger partial charge is 0.454 e. The molecule has 1 unspecified atom stereocenters. The Labute approximate surface area is 133 Å². The Hall–Kier alpha value is -2.29. The van der Waals surface area contributed by atoms with E-state index < -0.39 is 5.97 Å². The van der Waals surface area contributed by atoms with Gasteiger partial charge in [0.15, 0.2) is 0 Å². The summed E-state index contributed by atoms with van der Waals surface area (Å²) in [6.07, 6.45) is 3.27. The molecule has 118 valence electrons. The van der Waals surface area contributed by atoms with Gasteiger partial charge in [0, 0.05) is 5.69 Å². The van der Waals surface area contributed by atoms with Crippen LogP contribution < -0.4 is 5.73 Å². The van der Waals surface area contributed by atoms with Crippen molar-refractivity contribution in [1.29, 1.82) is 0 Å². The number of carbonyl (C=O) groups excluding carboxylic acids is 1. The predicted molar refractivity (Wildman–Crippen MR) is 92.7 cm³/mol. The molecular weight excluding hydrogens is 274 g/mol. The standard InChI is InChI=1S/C19H25NO2/c1-13(2)15(5)9-8-12-18(14(3)4)22-19(21)16-10-6-7-11-17(16)20/h6-7,9-11,18H,1,3,8,12,20H2,2,4-5H3/b15-9-. The van der Waals surface area contributed by atoms with Gasteiger partial charge in [0.25, 0.3) is 0 Å². The molecule has 0 heterocycles. The van der Waals surface area contributed by atoms with E-state index in [0.29, 0.717) is 17.7 Å². The van der Waals surface area contributed by atoms with Gasteiger partial charge in [-0.2, -0.15) is 0 Å². The van der Waals surface area contributed by atoms with Gasteiger partial charge in [0.1, 0.15) is 6.10 Å². The Kier molecular flexibility index (Phi) is 6.64. The summed E-state index contributed by atoms with van der Waals surface area (Å²) in [7, 11) is 0. The maximum absolute atomic E-state index is 12.2. The molecule has 1 rings (SSSR count). The summed E-state index contributed by atoms with van der Waals surface area (Å²) in [4.78, 5) is 12.2. The smallest absolute Gasteiger partial charge is 0.340 e. The van der Waals surface area contributed by atoms with Crippen molar-refractivity contribution in [3.05, 3.63) is 65.8 Å². The lowest BCUT2D eigenvalue weighted by molar-refractivity contribution is 0.0362. The fraction of sp³-hybridized carbons (Fsp3) is 0.316. The van der Waals surface area contributed by atoms with Crippen LogP contribution in [0, 0.1) is 0 Å². The zero-order valence-corrected chi connectivity index (χ0v) is 13.7. The normalized spacial score (nSPS) is 12.6. The van der Waals surface area contributed by atoms with Crippen LogP contribution in [-0.2, 0) is 4.74 Å². The molecule has 1 atom stereocenters. The lowest BCUT2D eigenvalue weighted by Crippen LogP contribution is -2.20. The molecule has 1 aromatic rings. The van der Waals surface area contributed by atoms with Crippen molar-refractivity contribution in [2.75, 3.05) is 5.73 Å². The lowest BCUT2D eigenvalue weighted by atomic mass is 10.0. The van der Waals surface area contributed by atoms with E-state index in [1.54, 1.807) is 24.3 Å². The Balaban J connectivity index is 2.71. The zero-order valence-electron chi connectivity index (χ0n) is 13.7. The first-order valence-corrected chi connectivity index (χ1v) is 7.36. The molecule has 0 aliphatic carbocycles. The van der Waals surface area contributed by atoms with E-state index in [2.05, 4.69) is 19.2 Å². The van der Waals surface area contributed by atoms with E-state index in [-0.39, 0.29) is 6.10 Å². The molecule has 0 aromatic heterocycles. The van der Waals surface area contributed by atoms with Crippen molar-refractivity contribution in [3.8, 4) is 0 Å². The van der Waals surface area contributed by atoms with Crippen LogP contribution in [0.15, 0.2) is 60.2 Å². The van der Waals surface area contributed by atoms with Crippen molar-refractivity contribution >= 4 is 11.7 Å². The molecule has 22 heavy (non-hydrogen) atoms. The minimum Gasteiger partial charge on any atom is -0.454 e. The highest BCUT2D eigenvalue weighted by Gasteiger charge is 2.17.